The van der Waals surface area contributed by atoms with Crippen LogP contribution in [0.2, 0.25) is 0 Å². The summed E-state index contributed by atoms with van der Waals surface area (Å²) < 4.78 is 7.62. The monoisotopic (exact) mass is 346 g/mol. The van der Waals surface area contributed by atoms with Crippen molar-refractivity contribution < 1.29 is 14.3 Å². The van der Waals surface area contributed by atoms with Crippen molar-refractivity contribution in [2.45, 2.75) is 12.1 Å². The van der Waals surface area contributed by atoms with Gasteiger partial charge >= 0.3 is 5.97 Å². The molecule has 0 unspecified atom stereocenters. The summed E-state index contributed by atoms with van der Waals surface area (Å²) >= 11 is 2.47. The molecule has 0 saturated heterocycles. The summed E-state index contributed by atoms with van der Waals surface area (Å²) in [4.78, 5) is 16.9. The third-order valence-electron chi connectivity index (χ3n) is 3.31. The van der Waals surface area contributed by atoms with Crippen LogP contribution in [0.25, 0.3) is 26.8 Å². The van der Waals surface area contributed by atoms with E-state index in [-0.39, 0.29) is 11.0 Å². The molecule has 4 rings (SSSR count). The van der Waals surface area contributed by atoms with E-state index in [1.54, 1.807) is 0 Å². The Morgan fingerprint density at radius 2 is 2.22 bits per heavy atom. The number of hydrogen-bond acceptors (Lipinski definition) is 7. The van der Waals surface area contributed by atoms with Crippen LogP contribution in [0.15, 0.2) is 33.9 Å². The maximum atomic E-state index is 10.6. The van der Waals surface area contributed by atoms with Gasteiger partial charge in [-0.1, -0.05) is 35.2 Å². The second kappa shape index (κ2) is 5.36. The fraction of sp³-hybridized carbons (Fsp3) is 0.143. The lowest BCUT2D eigenvalue weighted by molar-refractivity contribution is -0.133. The Kier molecular flexibility index (Phi) is 3.31. The number of imidazole rings is 1. The lowest BCUT2D eigenvalue weighted by atomic mass is 10.3. The highest BCUT2D eigenvalue weighted by Crippen LogP contribution is 2.35. The molecule has 0 saturated carbocycles. The standard InChI is InChI=1S/C14H10N4O3S2/c1-7-11(12-16-17-14(21-12)22-6-10(19)20)23-13-15-8-4-2-3-5-9(8)18(7)13/h2-5H,6H2,1H3,(H,19,20). The quantitative estimate of drug-likeness (QED) is 0.567. The Balaban J connectivity index is 1.77. The summed E-state index contributed by atoms with van der Waals surface area (Å²) in [7, 11) is 0. The Labute approximate surface area is 138 Å². The van der Waals surface area contributed by atoms with Crippen molar-refractivity contribution in [2.75, 3.05) is 5.75 Å². The molecule has 7 nitrogen and oxygen atoms in total. The molecule has 1 aromatic carbocycles. The predicted molar refractivity (Wildman–Crippen MR) is 87.0 cm³/mol. The molecule has 0 amide bonds. The van der Waals surface area contributed by atoms with Gasteiger partial charge in [0, 0.05) is 5.69 Å². The number of para-hydroxylation sites is 2. The third-order valence-corrected chi connectivity index (χ3v) is 5.24. The van der Waals surface area contributed by atoms with Crippen LogP contribution in [0, 0.1) is 6.92 Å². The van der Waals surface area contributed by atoms with E-state index < -0.39 is 5.97 Å². The molecule has 0 radical (unpaired) electrons. The maximum absolute atomic E-state index is 10.6. The first kappa shape index (κ1) is 14.2. The van der Waals surface area contributed by atoms with Gasteiger partial charge in [-0.15, -0.1) is 10.2 Å². The van der Waals surface area contributed by atoms with Gasteiger partial charge in [0.25, 0.3) is 11.1 Å². The number of aliphatic carboxylic acids is 1. The van der Waals surface area contributed by atoms with Gasteiger partial charge in [-0.2, -0.15) is 0 Å². The molecular weight excluding hydrogens is 336 g/mol. The zero-order chi connectivity index (χ0) is 16.0. The van der Waals surface area contributed by atoms with Gasteiger partial charge in [0.2, 0.25) is 0 Å². The van der Waals surface area contributed by atoms with Crippen molar-refractivity contribution in [3.63, 3.8) is 0 Å². The van der Waals surface area contributed by atoms with E-state index in [9.17, 15) is 4.79 Å². The van der Waals surface area contributed by atoms with Gasteiger partial charge < -0.3 is 9.52 Å². The lowest BCUT2D eigenvalue weighted by Crippen LogP contribution is -1.97. The van der Waals surface area contributed by atoms with Gasteiger partial charge in [0.1, 0.15) is 10.6 Å². The van der Waals surface area contributed by atoms with E-state index in [0.717, 1.165) is 38.3 Å². The second-order valence-corrected chi connectivity index (χ2v) is 6.69. The Bertz CT molecular complexity index is 1030. The van der Waals surface area contributed by atoms with E-state index in [2.05, 4.69) is 19.6 Å². The zero-order valence-electron chi connectivity index (χ0n) is 11.9. The minimum Gasteiger partial charge on any atom is -0.481 e. The number of fused-ring (bicyclic) bond motifs is 3. The fourth-order valence-electron chi connectivity index (χ4n) is 2.34. The summed E-state index contributed by atoms with van der Waals surface area (Å²) in [5.41, 5.74) is 2.94. The minimum absolute atomic E-state index is 0.112. The number of thioether (sulfide) groups is 1. The maximum Gasteiger partial charge on any atom is 0.314 e. The smallest absolute Gasteiger partial charge is 0.314 e. The summed E-state index contributed by atoms with van der Waals surface area (Å²) in [5, 5.41) is 16.8. The summed E-state index contributed by atoms with van der Waals surface area (Å²) in [5.74, 6) is -0.652. The number of benzene rings is 1. The fourth-order valence-corrected chi connectivity index (χ4v) is 3.89. The molecule has 0 aliphatic rings. The third kappa shape index (κ3) is 2.37. The van der Waals surface area contributed by atoms with Crippen molar-refractivity contribution in [2.24, 2.45) is 0 Å². The number of nitrogens with zero attached hydrogens (tertiary/aromatic N) is 4. The van der Waals surface area contributed by atoms with E-state index in [1.807, 2.05) is 31.2 Å². The molecule has 0 aliphatic heterocycles. The highest BCUT2D eigenvalue weighted by atomic mass is 32.2. The van der Waals surface area contributed by atoms with Crippen LogP contribution in [0.3, 0.4) is 0 Å². The molecule has 0 atom stereocenters. The van der Waals surface area contributed by atoms with E-state index in [1.165, 1.54) is 11.3 Å². The highest BCUT2D eigenvalue weighted by molar-refractivity contribution is 7.99. The van der Waals surface area contributed by atoms with Gasteiger partial charge in [-0.3, -0.25) is 9.20 Å². The number of hydrogen-bond donors (Lipinski definition) is 1. The first-order valence-electron chi connectivity index (χ1n) is 6.68. The van der Waals surface area contributed by atoms with Gasteiger partial charge in [-0.05, 0) is 19.1 Å². The Morgan fingerprint density at radius 1 is 1.39 bits per heavy atom. The first-order valence-corrected chi connectivity index (χ1v) is 8.49. The molecule has 3 aromatic heterocycles. The Hall–Kier alpha value is -2.39. The topological polar surface area (TPSA) is 93.5 Å². The molecule has 4 aromatic rings. The van der Waals surface area contributed by atoms with Crippen molar-refractivity contribution in [3.05, 3.63) is 30.0 Å². The molecule has 23 heavy (non-hydrogen) atoms. The van der Waals surface area contributed by atoms with Crippen molar-refractivity contribution >= 4 is 45.1 Å². The predicted octanol–water partition coefficient (Wildman–Crippen LogP) is 3.08. The minimum atomic E-state index is -0.924. The van der Waals surface area contributed by atoms with Crippen LogP contribution < -0.4 is 0 Å². The number of carboxylic acid groups (broad SMARTS) is 1. The molecule has 116 valence electrons. The highest BCUT2D eigenvalue weighted by Gasteiger charge is 2.19. The molecule has 0 fully saturated rings. The van der Waals surface area contributed by atoms with Crippen LogP contribution in [0.5, 0.6) is 0 Å². The van der Waals surface area contributed by atoms with Gasteiger partial charge in [-0.25, -0.2) is 4.98 Å². The van der Waals surface area contributed by atoms with Crippen molar-refractivity contribution in [3.8, 4) is 10.8 Å². The zero-order valence-corrected chi connectivity index (χ0v) is 13.5. The van der Waals surface area contributed by atoms with Crippen LogP contribution >= 0.6 is 23.1 Å². The summed E-state index contributed by atoms with van der Waals surface area (Å²) in [6.07, 6.45) is 0. The summed E-state index contributed by atoms with van der Waals surface area (Å²) in [6.45, 7) is 1.97. The van der Waals surface area contributed by atoms with Crippen LogP contribution in [-0.2, 0) is 4.79 Å². The molecule has 1 N–H and O–H groups in total. The average Bonchev–Trinajstić information content (AvgIpc) is 3.20. The van der Waals surface area contributed by atoms with Crippen LogP contribution in [0.4, 0.5) is 0 Å². The summed E-state index contributed by atoms with van der Waals surface area (Å²) in [6, 6.07) is 7.92. The Morgan fingerprint density at radius 3 is 3.04 bits per heavy atom. The average molecular weight is 346 g/mol. The molecule has 0 spiro atoms. The van der Waals surface area contributed by atoms with E-state index in [0.29, 0.717) is 5.89 Å². The van der Waals surface area contributed by atoms with Crippen LogP contribution in [0.1, 0.15) is 5.69 Å². The number of carboxylic acids is 1. The largest absolute Gasteiger partial charge is 0.481 e. The second-order valence-electron chi connectivity index (χ2n) is 4.79. The number of thiazole rings is 1. The SMILES string of the molecule is Cc1c(-c2nnc(SCC(=O)O)o2)sc2nc3ccccc3n12. The first-order chi connectivity index (χ1) is 11.1. The van der Waals surface area contributed by atoms with Crippen molar-refractivity contribution in [1.29, 1.82) is 0 Å². The number of carbonyl (C=O) groups is 1. The van der Waals surface area contributed by atoms with Gasteiger partial charge in [0.15, 0.2) is 4.96 Å². The number of rotatable bonds is 4. The molecule has 3 heterocycles. The molecular formula is C14H10N4O3S2. The van der Waals surface area contributed by atoms with E-state index in [4.69, 9.17) is 9.52 Å². The van der Waals surface area contributed by atoms with Crippen molar-refractivity contribution in [1.82, 2.24) is 19.6 Å². The number of aromatic nitrogens is 4. The molecule has 9 heteroatoms. The number of aryl methyl sites for hydroxylation is 1. The normalized spacial score (nSPS) is 11.5. The van der Waals surface area contributed by atoms with Gasteiger partial charge in [0.05, 0.1) is 11.0 Å². The molecule has 0 bridgehead atoms. The van der Waals surface area contributed by atoms with Crippen LogP contribution in [-0.4, -0.2) is 36.4 Å². The van der Waals surface area contributed by atoms with E-state index >= 15 is 0 Å². The lowest BCUT2D eigenvalue weighted by Gasteiger charge is -1.95. The molecule has 0 aliphatic carbocycles.